The van der Waals surface area contributed by atoms with Gasteiger partial charge in [0.25, 0.3) is 0 Å². The first-order valence-electron chi connectivity index (χ1n) is 4.91. The molecule has 0 aromatic carbocycles. The van der Waals surface area contributed by atoms with Crippen molar-refractivity contribution in [3.05, 3.63) is 0 Å². The number of hydrogen-bond acceptors (Lipinski definition) is 2. The van der Waals surface area contributed by atoms with Crippen molar-refractivity contribution in [3.8, 4) is 0 Å². The minimum Gasteiger partial charge on any atom is -0.390 e. The molecule has 1 atom stereocenters. The fourth-order valence-corrected chi connectivity index (χ4v) is 1.51. The van der Waals surface area contributed by atoms with Crippen molar-refractivity contribution in [1.29, 1.82) is 0 Å². The molecule has 1 rings (SSSR count). The molecular formula is C10H23NO. The average molecular weight is 173 g/mol. The highest BCUT2D eigenvalue weighted by Crippen LogP contribution is 2.25. The van der Waals surface area contributed by atoms with Crippen LogP contribution < -0.4 is 0 Å². The van der Waals surface area contributed by atoms with E-state index in [0.29, 0.717) is 5.92 Å². The second-order valence-electron chi connectivity index (χ2n) is 3.90. The molecule has 74 valence electrons. The average Bonchev–Trinajstić information content (AvgIpc) is 2.39. The molecule has 2 heteroatoms. The van der Waals surface area contributed by atoms with Crippen LogP contribution in [0.2, 0.25) is 0 Å². The first kappa shape index (κ1) is 11.9. The zero-order valence-electron chi connectivity index (χ0n) is 9.09. The quantitative estimate of drug-likeness (QED) is 0.653. The molecule has 0 aromatic heterocycles. The van der Waals surface area contributed by atoms with E-state index >= 15 is 0 Å². The first-order chi connectivity index (χ1) is 5.50. The van der Waals surface area contributed by atoms with Crippen molar-refractivity contribution >= 4 is 0 Å². The summed E-state index contributed by atoms with van der Waals surface area (Å²) in [5, 5.41) is 9.61. The van der Waals surface area contributed by atoms with Crippen LogP contribution in [0.1, 0.15) is 34.1 Å². The molecule has 12 heavy (non-hydrogen) atoms. The van der Waals surface area contributed by atoms with Crippen LogP contribution in [0.15, 0.2) is 0 Å². The van der Waals surface area contributed by atoms with Gasteiger partial charge < -0.3 is 10.0 Å². The lowest BCUT2D eigenvalue weighted by Crippen LogP contribution is -2.32. The minimum atomic E-state index is -0.481. The van der Waals surface area contributed by atoms with Crippen molar-refractivity contribution in [2.24, 2.45) is 5.92 Å². The topological polar surface area (TPSA) is 23.5 Å². The number of nitrogens with zero attached hydrogens (tertiary/aromatic N) is 1. The van der Waals surface area contributed by atoms with Crippen molar-refractivity contribution in [2.45, 2.75) is 39.7 Å². The van der Waals surface area contributed by atoms with E-state index in [-0.39, 0.29) is 0 Å². The molecule has 0 aromatic rings. The maximum Gasteiger partial charge on any atom is 0.0632 e. The Morgan fingerprint density at radius 1 is 1.33 bits per heavy atom. The molecule has 1 heterocycles. The maximum atomic E-state index is 9.61. The summed E-state index contributed by atoms with van der Waals surface area (Å²) in [6, 6.07) is 0. The lowest BCUT2D eigenvalue weighted by Gasteiger charge is -2.24. The number of aliphatic hydroxyl groups is 1. The maximum absolute atomic E-state index is 9.61. The van der Waals surface area contributed by atoms with E-state index in [4.69, 9.17) is 0 Å². The van der Waals surface area contributed by atoms with Crippen LogP contribution in [0.3, 0.4) is 0 Å². The Morgan fingerprint density at radius 3 is 2.00 bits per heavy atom. The Morgan fingerprint density at radius 2 is 1.83 bits per heavy atom. The van der Waals surface area contributed by atoms with E-state index in [9.17, 15) is 5.11 Å². The zero-order chi connectivity index (χ0) is 9.78. The van der Waals surface area contributed by atoms with Gasteiger partial charge in [0, 0.05) is 12.5 Å². The van der Waals surface area contributed by atoms with Gasteiger partial charge in [-0.05, 0) is 33.9 Å². The summed E-state index contributed by atoms with van der Waals surface area (Å²) in [6.07, 6.45) is 1.14. The van der Waals surface area contributed by atoms with Crippen molar-refractivity contribution in [2.75, 3.05) is 20.1 Å². The van der Waals surface area contributed by atoms with Crippen LogP contribution in [-0.2, 0) is 0 Å². The standard InChI is InChI=1S/C8H17NO.C2H6/c1-8(2,10)7-4-5-9(3)6-7;1-2/h7,10H,4-6H2,1-3H3;1-2H3. The normalized spacial score (nSPS) is 25.0. The Balaban J connectivity index is 0.000000561. The van der Waals surface area contributed by atoms with E-state index in [0.717, 1.165) is 19.5 Å². The molecule has 0 bridgehead atoms. The van der Waals surface area contributed by atoms with Gasteiger partial charge in [-0.3, -0.25) is 0 Å². The molecule has 2 nitrogen and oxygen atoms in total. The van der Waals surface area contributed by atoms with Gasteiger partial charge in [0.05, 0.1) is 5.60 Å². The highest BCUT2D eigenvalue weighted by atomic mass is 16.3. The third-order valence-electron chi connectivity index (χ3n) is 2.39. The lowest BCUT2D eigenvalue weighted by atomic mass is 9.91. The molecule has 0 saturated carbocycles. The Bertz CT molecular complexity index is 117. The largest absolute Gasteiger partial charge is 0.390 e. The van der Waals surface area contributed by atoms with E-state index in [1.54, 1.807) is 0 Å². The van der Waals surface area contributed by atoms with Gasteiger partial charge in [-0.2, -0.15) is 0 Å². The number of hydrogen-bond donors (Lipinski definition) is 1. The van der Waals surface area contributed by atoms with Crippen LogP contribution in [0.25, 0.3) is 0 Å². The third kappa shape index (κ3) is 3.55. The monoisotopic (exact) mass is 173 g/mol. The van der Waals surface area contributed by atoms with Crippen LogP contribution in [0.4, 0.5) is 0 Å². The molecule has 1 saturated heterocycles. The Hall–Kier alpha value is -0.0800. The van der Waals surface area contributed by atoms with Crippen LogP contribution in [-0.4, -0.2) is 35.7 Å². The second-order valence-corrected chi connectivity index (χ2v) is 3.90. The van der Waals surface area contributed by atoms with Gasteiger partial charge in [-0.25, -0.2) is 0 Å². The van der Waals surface area contributed by atoms with E-state index in [1.165, 1.54) is 0 Å². The number of rotatable bonds is 1. The fourth-order valence-electron chi connectivity index (χ4n) is 1.51. The third-order valence-corrected chi connectivity index (χ3v) is 2.39. The van der Waals surface area contributed by atoms with Gasteiger partial charge in [-0.15, -0.1) is 0 Å². The summed E-state index contributed by atoms with van der Waals surface area (Å²) in [7, 11) is 2.10. The molecule has 1 fully saturated rings. The van der Waals surface area contributed by atoms with E-state index < -0.39 is 5.60 Å². The summed E-state index contributed by atoms with van der Waals surface area (Å²) < 4.78 is 0. The van der Waals surface area contributed by atoms with Gasteiger partial charge in [0.1, 0.15) is 0 Å². The summed E-state index contributed by atoms with van der Waals surface area (Å²) in [5.74, 6) is 0.470. The Kier molecular flexibility index (Phi) is 4.80. The summed E-state index contributed by atoms with van der Waals surface area (Å²) in [6.45, 7) is 9.98. The van der Waals surface area contributed by atoms with Gasteiger partial charge >= 0.3 is 0 Å². The summed E-state index contributed by atoms with van der Waals surface area (Å²) in [5.41, 5.74) is -0.481. The smallest absolute Gasteiger partial charge is 0.0632 e. The van der Waals surface area contributed by atoms with Crippen LogP contribution >= 0.6 is 0 Å². The summed E-state index contributed by atoms with van der Waals surface area (Å²) >= 11 is 0. The summed E-state index contributed by atoms with van der Waals surface area (Å²) in [4.78, 5) is 2.27. The van der Waals surface area contributed by atoms with Crippen molar-refractivity contribution in [1.82, 2.24) is 4.90 Å². The predicted molar refractivity (Wildman–Crippen MR) is 53.2 cm³/mol. The van der Waals surface area contributed by atoms with Crippen molar-refractivity contribution < 1.29 is 5.11 Å². The van der Waals surface area contributed by atoms with E-state index in [2.05, 4.69) is 11.9 Å². The molecule has 0 spiro atoms. The van der Waals surface area contributed by atoms with Gasteiger partial charge in [-0.1, -0.05) is 13.8 Å². The molecule has 0 radical (unpaired) electrons. The fraction of sp³-hybridized carbons (Fsp3) is 1.00. The van der Waals surface area contributed by atoms with Gasteiger partial charge in [0.2, 0.25) is 0 Å². The highest BCUT2D eigenvalue weighted by molar-refractivity contribution is 4.84. The van der Waals surface area contributed by atoms with Crippen LogP contribution in [0.5, 0.6) is 0 Å². The van der Waals surface area contributed by atoms with E-state index in [1.807, 2.05) is 27.7 Å². The molecule has 1 unspecified atom stereocenters. The predicted octanol–water partition coefficient (Wildman–Crippen LogP) is 1.74. The molecule has 1 aliphatic heterocycles. The molecule has 1 N–H and O–H groups in total. The molecule has 0 aliphatic carbocycles. The number of likely N-dealkylation sites (tertiary alicyclic amines) is 1. The lowest BCUT2D eigenvalue weighted by molar-refractivity contribution is 0.0220. The minimum absolute atomic E-state index is 0.470. The van der Waals surface area contributed by atoms with Crippen LogP contribution in [0, 0.1) is 5.92 Å². The molecule has 0 amide bonds. The second kappa shape index (κ2) is 4.83. The first-order valence-corrected chi connectivity index (χ1v) is 4.91. The molecule has 1 aliphatic rings. The Labute approximate surface area is 76.6 Å². The van der Waals surface area contributed by atoms with Crippen molar-refractivity contribution in [3.63, 3.8) is 0 Å². The molecular weight excluding hydrogens is 150 g/mol. The van der Waals surface area contributed by atoms with Gasteiger partial charge in [0.15, 0.2) is 0 Å². The highest BCUT2D eigenvalue weighted by Gasteiger charge is 2.31. The SMILES string of the molecule is CC.CN1CCC(C(C)(C)O)C1. The zero-order valence-corrected chi connectivity index (χ0v) is 9.09.